The maximum Gasteiger partial charge on any atom is 0.400 e. The van der Waals surface area contributed by atoms with Crippen LogP contribution in [0.15, 0.2) is 5.16 Å². The van der Waals surface area contributed by atoms with Crippen molar-refractivity contribution in [3.05, 3.63) is 0 Å². The third-order valence-electron chi connectivity index (χ3n) is 1.98. The van der Waals surface area contributed by atoms with Gasteiger partial charge < -0.3 is 16.3 Å². The molecule has 0 aliphatic carbocycles. The monoisotopic (exact) mass is 237 g/mol. The summed E-state index contributed by atoms with van der Waals surface area (Å²) < 4.78 is 37.4. The lowest BCUT2D eigenvalue weighted by Crippen LogP contribution is -2.48. The topological polar surface area (TPSA) is 70.6 Å². The molecule has 0 radical (unpaired) electrons. The highest BCUT2D eigenvalue weighted by Crippen LogP contribution is 2.26. The first-order chi connectivity index (χ1) is 7.14. The van der Waals surface area contributed by atoms with Gasteiger partial charge in [0.2, 0.25) is 0 Å². The molecule has 0 aromatic carbocycles. The van der Waals surface area contributed by atoms with E-state index in [1.165, 1.54) is 0 Å². The van der Waals surface area contributed by atoms with Gasteiger partial charge in [-0.15, -0.1) is 6.42 Å². The summed E-state index contributed by atoms with van der Waals surface area (Å²) >= 11 is 0. The minimum atomic E-state index is -4.59. The molecule has 0 rings (SSSR count). The second-order valence-corrected chi connectivity index (χ2v) is 3.77. The Morgan fingerprint density at radius 2 is 2.06 bits per heavy atom. The summed E-state index contributed by atoms with van der Waals surface area (Å²) in [5.41, 5.74) is 4.07. The summed E-state index contributed by atoms with van der Waals surface area (Å²) in [4.78, 5) is 0. The van der Waals surface area contributed by atoms with Crippen molar-refractivity contribution in [3.63, 3.8) is 0 Å². The van der Waals surface area contributed by atoms with Crippen LogP contribution in [0, 0.1) is 18.3 Å². The van der Waals surface area contributed by atoms with Crippen LogP contribution in [0.2, 0.25) is 0 Å². The van der Waals surface area contributed by atoms with Crippen molar-refractivity contribution in [3.8, 4) is 12.3 Å². The number of nitrogens with one attached hydrogen (secondary N) is 1. The molecule has 0 aromatic rings. The standard InChI is InChI=1S/C9H14F3N3O/c1-4-8(2,3)14-5-6(7(13)15-16)9(10,11)12/h1,6,14,16H,5H2,2-3H3,(H2,13,15). The van der Waals surface area contributed by atoms with E-state index in [-0.39, 0.29) is 0 Å². The Bertz CT molecular complexity index is 304. The number of hydrogen-bond acceptors (Lipinski definition) is 3. The van der Waals surface area contributed by atoms with E-state index in [1.807, 2.05) is 0 Å². The van der Waals surface area contributed by atoms with Gasteiger partial charge in [-0.3, -0.25) is 0 Å². The number of alkyl halides is 3. The van der Waals surface area contributed by atoms with E-state index < -0.39 is 30.0 Å². The van der Waals surface area contributed by atoms with Crippen molar-refractivity contribution < 1.29 is 18.4 Å². The number of halogens is 3. The molecule has 0 heterocycles. The van der Waals surface area contributed by atoms with Crippen molar-refractivity contribution in [2.45, 2.75) is 25.6 Å². The van der Waals surface area contributed by atoms with Crippen molar-refractivity contribution in [1.29, 1.82) is 0 Å². The first kappa shape index (κ1) is 14.6. The van der Waals surface area contributed by atoms with E-state index in [0.717, 1.165) is 0 Å². The SMILES string of the molecule is C#CC(C)(C)NCC(C(N)=NO)C(F)(F)F. The third kappa shape index (κ3) is 4.40. The van der Waals surface area contributed by atoms with E-state index in [0.29, 0.717) is 0 Å². The highest BCUT2D eigenvalue weighted by atomic mass is 19.4. The molecule has 0 saturated carbocycles. The lowest BCUT2D eigenvalue weighted by Gasteiger charge is -2.25. The number of oxime groups is 1. The quantitative estimate of drug-likeness (QED) is 0.224. The molecule has 92 valence electrons. The molecule has 16 heavy (non-hydrogen) atoms. The fourth-order valence-electron chi connectivity index (χ4n) is 0.866. The first-order valence-corrected chi connectivity index (χ1v) is 4.41. The van der Waals surface area contributed by atoms with Crippen LogP contribution in [0.1, 0.15) is 13.8 Å². The van der Waals surface area contributed by atoms with Gasteiger partial charge >= 0.3 is 6.18 Å². The average molecular weight is 237 g/mol. The van der Waals surface area contributed by atoms with E-state index in [4.69, 9.17) is 17.4 Å². The Morgan fingerprint density at radius 1 is 1.56 bits per heavy atom. The summed E-state index contributed by atoms with van der Waals surface area (Å²) in [5, 5.41) is 13.1. The molecule has 0 spiro atoms. The van der Waals surface area contributed by atoms with Crippen LogP contribution in [0.25, 0.3) is 0 Å². The minimum Gasteiger partial charge on any atom is -0.409 e. The van der Waals surface area contributed by atoms with Crippen molar-refractivity contribution >= 4 is 5.84 Å². The molecule has 0 aliphatic heterocycles. The van der Waals surface area contributed by atoms with Gasteiger partial charge in [0.05, 0.1) is 5.54 Å². The highest BCUT2D eigenvalue weighted by Gasteiger charge is 2.43. The summed E-state index contributed by atoms with van der Waals surface area (Å²) in [6.45, 7) is 2.55. The van der Waals surface area contributed by atoms with Gasteiger partial charge in [0.1, 0.15) is 5.92 Å². The maximum atomic E-state index is 12.5. The van der Waals surface area contributed by atoms with Crippen LogP contribution in [-0.4, -0.2) is 29.3 Å². The lowest BCUT2D eigenvalue weighted by atomic mass is 10.0. The predicted molar refractivity (Wildman–Crippen MR) is 53.9 cm³/mol. The molecule has 1 unspecified atom stereocenters. The van der Waals surface area contributed by atoms with E-state index in [9.17, 15) is 13.2 Å². The normalized spacial score (nSPS) is 15.6. The Labute approximate surface area is 91.7 Å². The van der Waals surface area contributed by atoms with Crippen LogP contribution in [-0.2, 0) is 0 Å². The van der Waals surface area contributed by atoms with Crippen LogP contribution in [0.5, 0.6) is 0 Å². The van der Waals surface area contributed by atoms with Crippen molar-refractivity contribution in [2.24, 2.45) is 16.8 Å². The number of hydrogen-bond donors (Lipinski definition) is 3. The largest absolute Gasteiger partial charge is 0.409 e. The number of terminal acetylenes is 1. The van der Waals surface area contributed by atoms with Crippen LogP contribution < -0.4 is 11.1 Å². The molecule has 0 aliphatic rings. The Balaban J connectivity index is 4.68. The summed E-state index contributed by atoms with van der Waals surface area (Å²) in [6, 6.07) is 0. The minimum absolute atomic E-state index is 0.545. The lowest BCUT2D eigenvalue weighted by molar-refractivity contribution is -0.155. The molecular formula is C9H14F3N3O. The molecule has 0 fully saturated rings. The van der Waals surface area contributed by atoms with Gasteiger partial charge in [-0.1, -0.05) is 11.1 Å². The average Bonchev–Trinajstić information content (AvgIpc) is 2.15. The summed E-state index contributed by atoms with van der Waals surface area (Å²) in [6.07, 6.45) is 0.516. The molecule has 1 atom stereocenters. The molecule has 0 saturated heterocycles. The zero-order chi connectivity index (χ0) is 13.0. The summed E-state index contributed by atoms with van der Waals surface area (Å²) in [7, 11) is 0. The molecule has 0 amide bonds. The molecule has 7 heteroatoms. The molecular weight excluding hydrogens is 223 g/mol. The van der Waals surface area contributed by atoms with Gasteiger partial charge in [-0.05, 0) is 13.8 Å². The Hall–Kier alpha value is -1.42. The second kappa shape index (κ2) is 5.07. The molecule has 4 nitrogen and oxygen atoms in total. The fraction of sp³-hybridized carbons (Fsp3) is 0.667. The fourth-order valence-corrected chi connectivity index (χ4v) is 0.866. The predicted octanol–water partition coefficient (Wildman–Crippen LogP) is 0.913. The van der Waals surface area contributed by atoms with Gasteiger partial charge in [0.15, 0.2) is 5.84 Å². The van der Waals surface area contributed by atoms with Crippen LogP contribution in [0.4, 0.5) is 13.2 Å². The van der Waals surface area contributed by atoms with Gasteiger partial charge in [0.25, 0.3) is 0 Å². The maximum absolute atomic E-state index is 12.5. The molecule has 0 aromatic heterocycles. The first-order valence-electron chi connectivity index (χ1n) is 4.41. The van der Waals surface area contributed by atoms with E-state index in [2.05, 4.69) is 16.4 Å². The Kier molecular flexibility index (Phi) is 4.62. The number of nitrogens with zero attached hydrogens (tertiary/aromatic N) is 1. The number of nitrogens with two attached hydrogens (primary N) is 1. The van der Waals surface area contributed by atoms with Crippen LogP contribution in [0.3, 0.4) is 0 Å². The zero-order valence-electron chi connectivity index (χ0n) is 8.97. The number of rotatable bonds is 4. The van der Waals surface area contributed by atoms with Gasteiger partial charge in [0, 0.05) is 6.54 Å². The van der Waals surface area contributed by atoms with Crippen molar-refractivity contribution in [2.75, 3.05) is 6.54 Å². The smallest absolute Gasteiger partial charge is 0.400 e. The number of amidine groups is 1. The summed E-state index contributed by atoms with van der Waals surface area (Å²) in [5.74, 6) is -0.677. The third-order valence-corrected chi connectivity index (χ3v) is 1.98. The van der Waals surface area contributed by atoms with Gasteiger partial charge in [-0.25, -0.2) is 0 Å². The van der Waals surface area contributed by atoms with Crippen molar-refractivity contribution in [1.82, 2.24) is 5.32 Å². The van der Waals surface area contributed by atoms with E-state index in [1.54, 1.807) is 13.8 Å². The highest BCUT2D eigenvalue weighted by molar-refractivity contribution is 5.83. The molecule has 0 bridgehead atoms. The Morgan fingerprint density at radius 3 is 2.38 bits per heavy atom. The van der Waals surface area contributed by atoms with Gasteiger partial charge in [-0.2, -0.15) is 13.2 Å². The zero-order valence-corrected chi connectivity index (χ0v) is 8.97. The second-order valence-electron chi connectivity index (χ2n) is 3.77. The van der Waals surface area contributed by atoms with Crippen LogP contribution >= 0.6 is 0 Å². The molecule has 4 N–H and O–H groups in total. The van der Waals surface area contributed by atoms with E-state index >= 15 is 0 Å².